The van der Waals surface area contributed by atoms with Gasteiger partial charge >= 0.3 is 0 Å². The van der Waals surface area contributed by atoms with Crippen LogP contribution in [-0.4, -0.2) is 78.2 Å². The normalized spacial score (nSPS) is 13.6. The minimum absolute atomic E-state index is 0.0582. The van der Waals surface area contributed by atoms with Gasteiger partial charge in [0.25, 0.3) is 0 Å². The topological polar surface area (TPSA) is 103 Å². The van der Waals surface area contributed by atoms with E-state index < -0.39 is 11.6 Å². The summed E-state index contributed by atoms with van der Waals surface area (Å²) >= 11 is 0. The van der Waals surface area contributed by atoms with E-state index in [4.69, 9.17) is 18.9 Å². The van der Waals surface area contributed by atoms with Crippen molar-refractivity contribution in [2.75, 3.05) is 59.0 Å². The molecule has 234 valence electrons. The van der Waals surface area contributed by atoms with E-state index in [0.717, 1.165) is 38.4 Å². The van der Waals surface area contributed by atoms with Crippen LogP contribution in [0.2, 0.25) is 0 Å². The molecule has 10 nitrogen and oxygen atoms in total. The molecule has 12 heteroatoms. The zero-order chi connectivity index (χ0) is 31.3. The van der Waals surface area contributed by atoms with E-state index in [0.29, 0.717) is 46.3 Å². The van der Waals surface area contributed by atoms with Crippen molar-refractivity contribution in [3.05, 3.63) is 84.2 Å². The lowest BCUT2D eigenvalue weighted by Crippen LogP contribution is -2.38. The quantitative estimate of drug-likeness (QED) is 0.196. The van der Waals surface area contributed by atoms with Gasteiger partial charge in [-0.3, -0.25) is 4.90 Å². The number of hydrogen-bond donors (Lipinski definition) is 2. The van der Waals surface area contributed by atoms with Crippen LogP contribution in [0.1, 0.15) is 5.56 Å². The largest absolute Gasteiger partial charge is 0.497 e. The molecule has 0 saturated carbocycles. The number of hydrogen-bond acceptors (Lipinski definition) is 9. The Balaban J connectivity index is 1.32. The van der Waals surface area contributed by atoms with Gasteiger partial charge in [-0.05, 0) is 42.5 Å². The highest BCUT2D eigenvalue weighted by Gasteiger charge is 2.21. The van der Waals surface area contributed by atoms with Crippen LogP contribution in [0.5, 0.6) is 23.1 Å². The molecule has 2 N–H and O–H groups in total. The van der Waals surface area contributed by atoms with E-state index in [2.05, 4.69) is 20.2 Å². The van der Waals surface area contributed by atoms with Crippen LogP contribution in [0.15, 0.2) is 67.0 Å². The molecule has 0 atom stereocenters. The van der Waals surface area contributed by atoms with Crippen molar-refractivity contribution < 1.29 is 32.8 Å². The fourth-order valence-electron chi connectivity index (χ4n) is 5.30. The minimum Gasteiger partial charge on any atom is -0.497 e. The van der Waals surface area contributed by atoms with Gasteiger partial charge < -0.3 is 33.9 Å². The number of halogens is 2. The van der Waals surface area contributed by atoms with E-state index >= 15 is 0 Å². The maximum atomic E-state index is 14.9. The molecule has 45 heavy (non-hydrogen) atoms. The SMILES string of the molecule is COc1ccc(Cn2cc3nc(-c4c(F)cccc4F)cc(Nc4ccc(OCCN5CCOCC5)cn4)c3c2O)c(OC)c1. The van der Waals surface area contributed by atoms with Gasteiger partial charge in [0.05, 0.1) is 68.0 Å². The summed E-state index contributed by atoms with van der Waals surface area (Å²) in [6.45, 7) is 4.74. The van der Waals surface area contributed by atoms with Gasteiger partial charge in [0.1, 0.15) is 41.3 Å². The van der Waals surface area contributed by atoms with Crippen molar-refractivity contribution in [1.29, 1.82) is 0 Å². The summed E-state index contributed by atoms with van der Waals surface area (Å²) in [4.78, 5) is 11.3. The fourth-order valence-corrected chi connectivity index (χ4v) is 5.30. The first kappa shape index (κ1) is 30.1. The maximum absolute atomic E-state index is 14.9. The Morgan fingerprint density at radius 2 is 1.76 bits per heavy atom. The van der Waals surface area contributed by atoms with Gasteiger partial charge in [-0.25, -0.2) is 18.7 Å². The predicted molar refractivity (Wildman–Crippen MR) is 166 cm³/mol. The Morgan fingerprint density at radius 1 is 0.978 bits per heavy atom. The number of anilines is 2. The first-order valence-electron chi connectivity index (χ1n) is 14.5. The van der Waals surface area contributed by atoms with Gasteiger partial charge in [0.15, 0.2) is 0 Å². The average Bonchev–Trinajstić information content (AvgIpc) is 3.37. The zero-order valence-corrected chi connectivity index (χ0v) is 24.9. The van der Waals surface area contributed by atoms with Crippen molar-refractivity contribution in [1.82, 2.24) is 19.4 Å². The van der Waals surface area contributed by atoms with Gasteiger partial charge in [0, 0.05) is 37.5 Å². The number of pyridine rings is 2. The molecule has 0 aliphatic carbocycles. The van der Waals surface area contributed by atoms with Crippen LogP contribution in [0, 0.1) is 11.6 Å². The third-order valence-corrected chi connectivity index (χ3v) is 7.65. The van der Waals surface area contributed by atoms with Crippen LogP contribution >= 0.6 is 0 Å². The molecule has 1 fully saturated rings. The van der Waals surface area contributed by atoms with E-state index in [9.17, 15) is 13.9 Å². The molecule has 0 bridgehead atoms. The number of morpholine rings is 1. The molecular weight excluding hydrogens is 584 g/mol. The van der Waals surface area contributed by atoms with Crippen LogP contribution in [-0.2, 0) is 11.3 Å². The Kier molecular flexibility index (Phi) is 8.94. The molecule has 6 rings (SSSR count). The number of nitrogens with zero attached hydrogens (tertiary/aromatic N) is 4. The molecule has 0 spiro atoms. The van der Waals surface area contributed by atoms with Crippen LogP contribution in [0.3, 0.4) is 0 Å². The highest BCUT2D eigenvalue weighted by atomic mass is 19.1. The van der Waals surface area contributed by atoms with Crippen LogP contribution < -0.4 is 19.5 Å². The molecule has 1 aliphatic rings. The second kappa shape index (κ2) is 13.4. The number of rotatable bonds is 11. The monoisotopic (exact) mass is 617 g/mol. The number of fused-ring (bicyclic) bond motifs is 1. The number of ether oxygens (including phenoxy) is 4. The van der Waals surface area contributed by atoms with Gasteiger partial charge in [-0.15, -0.1) is 0 Å². The van der Waals surface area contributed by atoms with E-state index in [1.165, 1.54) is 24.3 Å². The van der Waals surface area contributed by atoms with Crippen molar-refractivity contribution in [3.8, 4) is 34.4 Å². The van der Waals surface area contributed by atoms with Crippen molar-refractivity contribution in [2.45, 2.75) is 6.54 Å². The highest BCUT2D eigenvalue weighted by Crippen LogP contribution is 2.39. The Morgan fingerprint density at radius 3 is 2.47 bits per heavy atom. The average molecular weight is 618 g/mol. The lowest BCUT2D eigenvalue weighted by molar-refractivity contribution is 0.0322. The van der Waals surface area contributed by atoms with Crippen LogP contribution in [0.4, 0.5) is 20.3 Å². The molecule has 4 heterocycles. The molecule has 0 amide bonds. The second-order valence-electron chi connectivity index (χ2n) is 10.5. The molecule has 1 aliphatic heterocycles. The lowest BCUT2D eigenvalue weighted by atomic mass is 10.1. The molecule has 0 unspecified atom stereocenters. The summed E-state index contributed by atoms with van der Waals surface area (Å²) in [6, 6.07) is 14.0. The Hall–Kier alpha value is -4.94. The van der Waals surface area contributed by atoms with Crippen LogP contribution in [0.25, 0.3) is 22.2 Å². The molecular formula is C33H33F2N5O5. The smallest absolute Gasteiger partial charge is 0.203 e. The molecule has 3 aromatic heterocycles. The Labute approximate surface area is 258 Å². The summed E-state index contributed by atoms with van der Waals surface area (Å²) in [6.07, 6.45) is 3.22. The highest BCUT2D eigenvalue weighted by molar-refractivity contribution is 5.99. The molecule has 0 radical (unpaired) electrons. The van der Waals surface area contributed by atoms with Gasteiger partial charge in [-0.1, -0.05) is 6.07 Å². The van der Waals surface area contributed by atoms with Gasteiger partial charge in [0.2, 0.25) is 5.88 Å². The number of benzene rings is 2. The minimum atomic E-state index is -0.754. The van der Waals surface area contributed by atoms with Crippen molar-refractivity contribution >= 4 is 22.4 Å². The fraction of sp³-hybridized carbons (Fsp3) is 0.273. The Bertz CT molecular complexity index is 1770. The second-order valence-corrected chi connectivity index (χ2v) is 10.5. The number of aromatic hydroxyl groups is 1. The van der Waals surface area contributed by atoms with E-state index in [1.54, 1.807) is 55.4 Å². The first-order chi connectivity index (χ1) is 21.9. The maximum Gasteiger partial charge on any atom is 0.203 e. The number of methoxy groups -OCH3 is 2. The summed E-state index contributed by atoms with van der Waals surface area (Å²) < 4.78 is 53.4. The predicted octanol–water partition coefficient (Wildman–Crippen LogP) is 5.60. The summed E-state index contributed by atoms with van der Waals surface area (Å²) in [5.74, 6) is 0.637. The third-order valence-electron chi connectivity index (χ3n) is 7.65. The first-order valence-corrected chi connectivity index (χ1v) is 14.5. The lowest BCUT2D eigenvalue weighted by Gasteiger charge is -2.26. The summed E-state index contributed by atoms with van der Waals surface area (Å²) in [5.41, 5.74) is 1.25. The van der Waals surface area contributed by atoms with E-state index in [-0.39, 0.29) is 23.7 Å². The standard InChI is InChI=1S/C33H33F2N5O5/c1-42-22-7-6-21(29(16-22)43-2)19-40-20-28-32(33(40)41)27(17-26(37-28)31-24(34)4-3-5-25(31)35)38-30-9-8-23(18-36-30)45-15-12-39-10-13-44-14-11-39/h3-9,16-18,20,41H,10-15,19H2,1-2H3,(H,36,38). The van der Waals surface area contributed by atoms with Crippen molar-refractivity contribution in [3.63, 3.8) is 0 Å². The number of aromatic nitrogens is 3. The van der Waals surface area contributed by atoms with Crippen molar-refractivity contribution in [2.24, 2.45) is 0 Å². The summed E-state index contributed by atoms with van der Waals surface area (Å²) in [7, 11) is 3.12. The molecule has 2 aromatic carbocycles. The number of nitrogens with one attached hydrogen (secondary N) is 1. The molecule has 5 aromatic rings. The zero-order valence-electron chi connectivity index (χ0n) is 24.9. The van der Waals surface area contributed by atoms with Gasteiger partial charge in [-0.2, -0.15) is 0 Å². The third kappa shape index (κ3) is 6.61. The summed E-state index contributed by atoms with van der Waals surface area (Å²) in [5, 5.41) is 15.0. The molecule has 1 saturated heterocycles. The van der Waals surface area contributed by atoms with E-state index in [1.807, 2.05) is 6.07 Å².